The van der Waals surface area contributed by atoms with Crippen LogP contribution in [0.2, 0.25) is 0 Å². The van der Waals surface area contributed by atoms with Gasteiger partial charge in [0.2, 0.25) is 0 Å². The lowest BCUT2D eigenvalue weighted by atomic mass is 9.76. The number of anilines is 1. The molecular formula is C25H21N7O2. The fourth-order valence-corrected chi connectivity index (χ4v) is 4.52. The summed E-state index contributed by atoms with van der Waals surface area (Å²) in [6.45, 7) is 0. The number of nitrogens with two attached hydrogens (primary N) is 1. The zero-order valence-electron chi connectivity index (χ0n) is 18.2. The fraction of sp³-hybridized carbons (Fsp3) is 0.160. The van der Waals surface area contributed by atoms with Crippen LogP contribution < -0.4 is 16.7 Å². The van der Waals surface area contributed by atoms with Crippen molar-refractivity contribution in [3.8, 4) is 17.3 Å². The molecule has 0 fully saturated rings. The number of carbonyl (C=O) groups excluding carboxylic acids is 1. The second kappa shape index (κ2) is 8.67. The quantitative estimate of drug-likeness (QED) is 0.550. The molecule has 1 aromatic carbocycles. The van der Waals surface area contributed by atoms with Crippen molar-refractivity contribution in [2.45, 2.75) is 25.2 Å². The number of nitrogens with zero attached hydrogens (tertiary/aromatic N) is 4. The second-order valence-electron chi connectivity index (χ2n) is 8.07. The molecule has 1 atom stereocenters. The number of nitrogens with one attached hydrogen (secondary N) is 2. The molecular weight excluding hydrogens is 430 g/mol. The summed E-state index contributed by atoms with van der Waals surface area (Å²) >= 11 is 0. The minimum absolute atomic E-state index is 0.0329. The molecule has 5 rings (SSSR count). The van der Waals surface area contributed by atoms with Crippen LogP contribution in [0.15, 0.2) is 88.4 Å². The van der Waals surface area contributed by atoms with E-state index in [-0.39, 0.29) is 17.2 Å². The normalized spacial score (nSPS) is 17.9. The topological polar surface area (TPSA) is 141 Å². The lowest BCUT2D eigenvalue weighted by Gasteiger charge is -2.39. The third kappa shape index (κ3) is 3.61. The van der Waals surface area contributed by atoms with E-state index in [0.717, 1.165) is 11.1 Å². The summed E-state index contributed by atoms with van der Waals surface area (Å²) in [6.07, 6.45) is 4.93. The maximum atomic E-state index is 13.1. The van der Waals surface area contributed by atoms with Crippen LogP contribution in [0.3, 0.4) is 0 Å². The molecule has 0 spiro atoms. The van der Waals surface area contributed by atoms with Crippen molar-refractivity contribution >= 4 is 11.5 Å². The highest BCUT2D eigenvalue weighted by Gasteiger charge is 2.40. The molecule has 0 unspecified atom stereocenters. The van der Waals surface area contributed by atoms with Gasteiger partial charge in [0.1, 0.15) is 11.5 Å². The number of aromatic amines is 1. The van der Waals surface area contributed by atoms with Crippen molar-refractivity contribution in [3.05, 3.63) is 99.5 Å². The number of benzene rings is 1. The van der Waals surface area contributed by atoms with Gasteiger partial charge in [-0.2, -0.15) is 10.4 Å². The second-order valence-corrected chi connectivity index (χ2v) is 8.07. The minimum atomic E-state index is -0.592. The minimum Gasteiger partial charge on any atom is -0.383 e. The Bertz CT molecular complexity index is 1420. The molecule has 0 radical (unpaired) electrons. The van der Waals surface area contributed by atoms with Crippen LogP contribution >= 0.6 is 0 Å². The molecule has 1 aliphatic heterocycles. The van der Waals surface area contributed by atoms with Gasteiger partial charge in [-0.05, 0) is 24.5 Å². The summed E-state index contributed by atoms with van der Waals surface area (Å²) in [5.74, 6) is -0.455. The van der Waals surface area contributed by atoms with Crippen LogP contribution in [0.25, 0.3) is 11.3 Å². The van der Waals surface area contributed by atoms with Crippen LogP contribution in [0.4, 0.5) is 5.69 Å². The molecule has 3 aromatic rings. The van der Waals surface area contributed by atoms with E-state index in [1.54, 1.807) is 23.5 Å². The predicted molar refractivity (Wildman–Crippen MR) is 125 cm³/mol. The summed E-state index contributed by atoms with van der Waals surface area (Å²) in [6, 6.07) is 16.6. The number of ketones is 1. The first kappa shape index (κ1) is 21.2. The van der Waals surface area contributed by atoms with Crippen LogP contribution in [-0.4, -0.2) is 26.0 Å². The van der Waals surface area contributed by atoms with Crippen molar-refractivity contribution in [1.29, 1.82) is 5.26 Å². The van der Waals surface area contributed by atoms with E-state index in [1.807, 2.05) is 36.4 Å². The number of aromatic nitrogens is 3. The van der Waals surface area contributed by atoms with Gasteiger partial charge < -0.3 is 5.73 Å². The molecule has 0 saturated heterocycles. The average molecular weight is 451 g/mol. The van der Waals surface area contributed by atoms with E-state index >= 15 is 0 Å². The molecule has 0 amide bonds. The summed E-state index contributed by atoms with van der Waals surface area (Å²) in [5.41, 5.74) is 13.2. The Morgan fingerprint density at radius 2 is 1.97 bits per heavy atom. The molecule has 4 N–H and O–H groups in total. The fourth-order valence-electron chi connectivity index (χ4n) is 4.52. The van der Waals surface area contributed by atoms with Gasteiger partial charge in [-0.15, -0.1) is 0 Å². The van der Waals surface area contributed by atoms with E-state index in [4.69, 9.17) is 5.73 Å². The maximum Gasteiger partial charge on any atom is 0.266 e. The van der Waals surface area contributed by atoms with Gasteiger partial charge in [0, 0.05) is 41.7 Å². The summed E-state index contributed by atoms with van der Waals surface area (Å²) in [7, 11) is 0. The number of pyridine rings is 1. The van der Waals surface area contributed by atoms with E-state index in [9.17, 15) is 14.9 Å². The van der Waals surface area contributed by atoms with E-state index < -0.39 is 11.5 Å². The third-order valence-corrected chi connectivity index (χ3v) is 6.02. The number of allylic oxidation sites excluding steroid dienone is 3. The predicted octanol–water partition coefficient (Wildman–Crippen LogP) is 2.96. The molecule has 34 heavy (non-hydrogen) atoms. The SMILES string of the molecule is N#CC1=C(N)N(Nc2cc(=O)[nH]nc2-c2ccccc2)C2=C(C(=O)CCC2)[C@H]1c1cccnc1. The van der Waals surface area contributed by atoms with Gasteiger partial charge in [-0.3, -0.25) is 20.0 Å². The zero-order chi connectivity index (χ0) is 23.7. The number of hydrogen-bond acceptors (Lipinski definition) is 8. The van der Waals surface area contributed by atoms with Gasteiger partial charge >= 0.3 is 0 Å². The zero-order valence-corrected chi connectivity index (χ0v) is 18.2. The molecule has 0 bridgehead atoms. The lowest BCUT2D eigenvalue weighted by molar-refractivity contribution is -0.116. The van der Waals surface area contributed by atoms with Crippen LogP contribution in [0.5, 0.6) is 0 Å². The van der Waals surface area contributed by atoms with E-state index in [0.29, 0.717) is 41.9 Å². The van der Waals surface area contributed by atoms with Gasteiger partial charge in [-0.1, -0.05) is 36.4 Å². The smallest absolute Gasteiger partial charge is 0.266 e. The first-order valence-electron chi connectivity index (χ1n) is 10.9. The number of nitriles is 1. The average Bonchev–Trinajstić information content (AvgIpc) is 2.86. The van der Waals surface area contributed by atoms with Gasteiger partial charge in [-0.25, -0.2) is 10.1 Å². The number of hydrogen-bond donors (Lipinski definition) is 3. The summed E-state index contributed by atoms with van der Waals surface area (Å²) in [4.78, 5) is 29.5. The molecule has 168 valence electrons. The Labute approximate surface area is 195 Å². The largest absolute Gasteiger partial charge is 0.383 e. The van der Waals surface area contributed by atoms with Crippen LogP contribution in [0, 0.1) is 11.3 Å². The number of H-pyrrole nitrogens is 1. The van der Waals surface area contributed by atoms with Crippen LogP contribution in [-0.2, 0) is 4.79 Å². The van der Waals surface area contributed by atoms with Crippen molar-refractivity contribution in [2.75, 3.05) is 5.43 Å². The first-order valence-corrected chi connectivity index (χ1v) is 10.9. The highest BCUT2D eigenvalue weighted by molar-refractivity contribution is 5.99. The van der Waals surface area contributed by atoms with Crippen molar-refractivity contribution in [2.24, 2.45) is 5.73 Å². The Balaban J connectivity index is 1.66. The monoisotopic (exact) mass is 451 g/mol. The van der Waals surface area contributed by atoms with Gasteiger partial charge in [0.05, 0.1) is 23.2 Å². The number of carbonyl (C=O) groups is 1. The van der Waals surface area contributed by atoms with Gasteiger partial charge in [0.15, 0.2) is 5.78 Å². The first-order chi connectivity index (χ1) is 16.6. The summed E-state index contributed by atoms with van der Waals surface area (Å²) < 4.78 is 0. The highest BCUT2D eigenvalue weighted by atomic mass is 16.1. The van der Waals surface area contributed by atoms with Crippen molar-refractivity contribution < 1.29 is 4.79 Å². The number of rotatable bonds is 4. The lowest BCUT2D eigenvalue weighted by Crippen LogP contribution is -2.42. The van der Waals surface area contributed by atoms with E-state index in [1.165, 1.54) is 6.07 Å². The van der Waals surface area contributed by atoms with Gasteiger partial charge in [0.25, 0.3) is 5.56 Å². The van der Waals surface area contributed by atoms with Crippen molar-refractivity contribution in [3.63, 3.8) is 0 Å². The molecule has 2 aromatic heterocycles. The molecule has 9 heteroatoms. The standard InChI is InChI=1S/C25H21N7O2/c26-13-17-22(16-8-5-11-28-14-16)23-19(9-4-10-20(23)33)32(25(17)27)31-18-12-21(34)29-30-24(18)15-6-2-1-3-7-15/h1-3,5-8,11-12,14,22H,4,9-10,27H2,(H2,29,31,34)/t22-/m0/s1. The molecule has 2 aliphatic rings. The third-order valence-electron chi connectivity index (χ3n) is 6.02. The molecule has 0 saturated carbocycles. The molecule has 3 heterocycles. The number of hydrazine groups is 1. The molecule has 9 nitrogen and oxygen atoms in total. The maximum absolute atomic E-state index is 13.1. The number of Topliss-reactive ketones (excluding diaryl/α,β-unsaturated/α-hetero) is 1. The Morgan fingerprint density at radius 1 is 1.15 bits per heavy atom. The van der Waals surface area contributed by atoms with E-state index in [2.05, 4.69) is 26.7 Å². The summed E-state index contributed by atoms with van der Waals surface area (Å²) in [5, 5.41) is 18.3. The highest BCUT2D eigenvalue weighted by Crippen LogP contribution is 2.44. The Kier molecular flexibility index (Phi) is 5.40. The Morgan fingerprint density at radius 3 is 2.71 bits per heavy atom. The molecule has 1 aliphatic carbocycles. The van der Waals surface area contributed by atoms with Crippen LogP contribution in [0.1, 0.15) is 30.7 Å². The van der Waals surface area contributed by atoms with Crippen molar-refractivity contribution in [1.82, 2.24) is 20.2 Å². The Hall–Kier alpha value is -4.71.